The summed E-state index contributed by atoms with van der Waals surface area (Å²) in [5.41, 5.74) is 5.88. The molecule has 2 aromatic carbocycles. The summed E-state index contributed by atoms with van der Waals surface area (Å²) in [6, 6.07) is 13.9. The molecule has 0 unspecified atom stereocenters. The van der Waals surface area contributed by atoms with Crippen molar-refractivity contribution >= 4 is 34.3 Å². The molecule has 0 bridgehead atoms. The van der Waals surface area contributed by atoms with E-state index >= 15 is 0 Å². The molecule has 1 fully saturated rings. The molecule has 1 aromatic heterocycles. The molecular weight excluding hydrogens is 396 g/mol. The lowest BCUT2D eigenvalue weighted by molar-refractivity contribution is -0.118. The van der Waals surface area contributed by atoms with Gasteiger partial charge < -0.3 is 10.1 Å². The van der Waals surface area contributed by atoms with Crippen molar-refractivity contribution in [2.45, 2.75) is 32.6 Å². The number of aryl methyl sites for hydroxylation is 1. The van der Waals surface area contributed by atoms with Crippen LogP contribution in [0.15, 0.2) is 57.9 Å². The van der Waals surface area contributed by atoms with Crippen molar-refractivity contribution in [1.82, 2.24) is 4.68 Å². The highest BCUT2D eigenvalue weighted by atomic mass is 32.1. The Morgan fingerprint density at radius 2 is 1.97 bits per heavy atom. The van der Waals surface area contributed by atoms with Crippen LogP contribution in [0.25, 0.3) is 11.3 Å². The number of amides is 1. The summed E-state index contributed by atoms with van der Waals surface area (Å²) in [6.45, 7) is 2.12. The number of nitrogens with zero attached hydrogens (tertiary/aromatic N) is 3. The summed E-state index contributed by atoms with van der Waals surface area (Å²) < 4.78 is 7.45. The monoisotopic (exact) mass is 418 g/mol. The predicted molar refractivity (Wildman–Crippen MR) is 120 cm³/mol. The van der Waals surface area contributed by atoms with Crippen LogP contribution in [-0.4, -0.2) is 22.9 Å². The average Bonchev–Trinajstić information content (AvgIpc) is 3.40. The Kier molecular flexibility index (Phi) is 4.96. The van der Waals surface area contributed by atoms with Crippen molar-refractivity contribution in [2.75, 3.05) is 11.9 Å². The second-order valence-electron chi connectivity index (χ2n) is 7.53. The van der Waals surface area contributed by atoms with E-state index in [0.29, 0.717) is 11.4 Å². The van der Waals surface area contributed by atoms with Gasteiger partial charge in [0, 0.05) is 16.7 Å². The molecule has 152 valence electrons. The van der Waals surface area contributed by atoms with Crippen LogP contribution >= 0.6 is 11.3 Å². The highest BCUT2D eigenvalue weighted by Crippen LogP contribution is 2.33. The van der Waals surface area contributed by atoms with E-state index in [1.165, 1.54) is 18.6 Å². The van der Waals surface area contributed by atoms with Crippen LogP contribution in [0.3, 0.4) is 0 Å². The molecule has 0 atom stereocenters. The summed E-state index contributed by atoms with van der Waals surface area (Å²) in [7, 11) is 0. The van der Waals surface area contributed by atoms with E-state index in [1.807, 2.05) is 41.1 Å². The third kappa shape index (κ3) is 3.68. The van der Waals surface area contributed by atoms with Crippen molar-refractivity contribution in [3.63, 3.8) is 0 Å². The average molecular weight is 419 g/mol. The summed E-state index contributed by atoms with van der Waals surface area (Å²) in [5, 5.41) is 9.94. The fraction of sp³-hybridized carbons (Fsp3) is 0.261. The zero-order chi connectivity index (χ0) is 20.5. The zero-order valence-corrected chi connectivity index (χ0v) is 17.5. The summed E-state index contributed by atoms with van der Waals surface area (Å²) in [5.74, 6) is 0.548. The van der Waals surface area contributed by atoms with Gasteiger partial charge in [0.15, 0.2) is 6.61 Å². The standard InChI is InChI=1S/C23H22N4O2S/c1-15-6-2-5-9-18(15)25-23-27(26-17-7-3-4-8-17)20(14-30-23)16-10-11-21-19(12-16)24-22(28)13-29-21/h2,5-6,9-12,14H,3-4,7-8,13H2,1H3,(H,24,28). The fourth-order valence-electron chi connectivity index (χ4n) is 3.73. The molecule has 1 aliphatic heterocycles. The van der Waals surface area contributed by atoms with E-state index in [1.54, 1.807) is 11.3 Å². The van der Waals surface area contributed by atoms with Crippen LogP contribution in [-0.2, 0) is 4.79 Å². The second kappa shape index (κ2) is 7.91. The van der Waals surface area contributed by atoms with E-state index in [2.05, 4.69) is 23.7 Å². The van der Waals surface area contributed by atoms with E-state index in [0.717, 1.165) is 40.2 Å². The van der Waals surface area contributed by atoms with Crippen molar-refractivity contribution in [3.05, 3.63) is 58.2 Å². The molecule has 30 heavy (non-hydrogen) atoms. The van der Waals surface area contributed by atoms with Crippen LogP contribution in [0.5, 0.6) is 5.75 Å². The Balaban J connectivity index is 1.65. The predicted octanol–water partition coefficient (Wildman–Crippen LogP) is 4.87. The Labute approximate surface area is 178 Å². The first kappa shape index (κ1) is 18.8. The number of ether oxygens (including phenoxy) is 1. The molecule has 3 aromatic rings. The highest BCUT2D eigenvalue weighted by molar-refractivity contribution is 7.07. The van der Waals surface area contributed by atoms with Crippen molar-refractivity contribution < 1.29 is 9.53 Å². The number of benzene rings is 2. The van der Waals surface area contributed by atoms with Crippen LogP contribution < -0.4 is 14.9 Å². The molecule has 2 heterocycles. The Bertz CT molecular complexity index is 1210. The van der Waals surface area contributed by atoms with Gasteiger partial charge in [-0.2, -0.15) is 5.10 Å². The molecule has 2 aliphatic rings. The summed E-state index contributed by atoms with van der Waals surface area (Å²) in [4.78, 5) is 17.5. The normalized spacial score (nSPS) is 16.2. The van der Waals surface area contributed by atoms with E-state index in [4.69, 9.17) is 14.8 Å². The molecule has 1 amide bonds. The summed E-state index contributed by atoms with van der Waals surface area (Å²) >= 11 is 1.57. The maximum atomic E-state index is 11.7. The molecule has 0 radical (unpaired) electrons. The Hall–Kier alpha value is -3.19. The lowest BCUT2D eigenvalue weighted by atomic mass is 10.1. The number of carbonyl (C=O) groups excluding carboxylic acids is 1. The number of nitrogens with one attached hydrogen (secondary N) is 1. The molecule has 6 nitrogen and oxygen atoms in total. The first-order valence-electron chi connectivity index (χ1n) is 10.1. The molecule has 0 saturated heterocycles. The lowest BCUT2D eigenvalue weighted by Crippen LogP contribution is -2.25. The molecule has 1 saturated carbocycles. The maximum absolute atomic E-state index is 11.7. The number of hydrogen-bond donors (Lipinski definition) is 1. The van der Waals surface area contributed by atoms with Crippen molar-refractivity contribution in [3.8, 4) is 17.0 Å². The number of rotatable bonds is 3. The number of carbonyl (C=O) groups is 1. The Morgan fingerprint density at radius 1 is 1.13 bits per heavy atom. The molecule has 5 rings (SSSR count). The minimum atomic E-state index is -0.140. The van der Waals surface area contributed by atoms with Gasteiger partial charge in [0.25, 0.3) is 5.91 Å². The first-order valence-corrected chi connectivity index (χ1v) is 11.0. The van der Waals surface area contributed by atoms with E-state index < -0.39 is 0 Å². The summed E-state index contributed by atoms with van der Waals surface area (Å²) in [6.07, 6.45) is 4.43. The zero-order valence-electron chi connectivity index (χ0n) is 16.7. The Morgan fingerprint density at radius 3 is 2.80 bits per heavy atom. The second-order valence-corrected chi connectivity index (χ2v) is 8.37. The van der Waals surface area contributed by atoms with Gasteiger partial charge in [-0.3, -0.25) is 4.79 Å². The van der Waals surface area contributed by atoms with Crippen LogP contribution in [0.4, 0.5) is 11.4 Å². The van der Waals surface area contributed by atoms with Gasteiger partial charge >= 0.3 is 0 Å². The number of thiazole rings is 1. The molecule has 1 N–H and O–H groups in total. The third-order valence-electron chi connectivity index (χ3n) is 5.35. The van der Waals surface area contributed by atoms with Gasteiger partial charge in [0.1, 0.15) is 5.75 Å². The quantitative estimate of drug-likeness (QED) is 0.660. The van der Waals surface area contributed by atoms with Gasteiger partial charge in [0.2, 0.25) is 4.80 Å². The smallest absolute Gasteiger partial charge is 0.262 e. The van der Waals surface area contributed by atoms with E-state index in [-0.39, 0.29) is 12.5 Å². The van der Waals surface area contributed by atoms with Gasteiger partial charge in [-0.1, -0.05) is 18.2 Å². The first-order chi connectivity index (χ1) is 14.7. The molecular formula is C23H22N4O2S. The number of hydrogen-bond acceptors (Lipinski definition) is 5. The van der Waals surface area contributed by atoms with Crippen molar-refractivity contribution in [1.29, 1.82) is 0 Å². The van der Waals surface area contributed by atoms with Gasteiger partial charge in [-0.05, 0) is 62.4 Å². The number of para-hydroxylation sites is 1. The number of aromatic nitrogens is 1. The lowest BCUT2D eigenvalue weighted by Gasteiger charge is -2.18. The van der Waals surface area contributed by atoms with Gasteiger partial charge in [0.05, 0.1) is 17.1 Å². The maximum Gasteiger partial charge on any atom is 0.262 e. The minimum Gasteiger partial charge on any atom is -0.482 e. The molecule has 0 spiro atoms. The number of anilines is 1. The topological polar surface area (TPSA) is 68.0 Å². The van der Waals surface area contributed by atoms with Crippen molar-refractivity contribution in [2.24, 2.45) is 10.1 Å². The number of fused-ring (bicyclic) bond motifs is 1. The van der Waals surface area contributed by atoms with Gasteiger partial charge in [-0.15, -0.1) is 11.3 Å². The largest absolute Gasteiger partial charge is 0.482 e. The third-order valence-corrected chi connectivity index (χ3v) is 6.16. The molecule has 7 heteroatoms. The van der Waals surface area contributed by atoms with Crippen LogP contribution in [0, 0.1) is 6.92 Å². The SMILES string of the molecule is Cc1ccccc1N=c1scc(-c2ccc3c(c2)NC(=O)CO3)n1N=C1CCCC1. The highest BCUT2D eigenvalue weighted by Gasteiger charge is 2.18. The van der Waals surface area contributed by atoms with E-state index in [9.17, 15) is 4.79 Å². The fourth-order valence-corrected chi connectivity index (χ4v) is 4.57. The van der Waals surface area contributed by atoms with Crippen LogP contribution in [0.1, 0.15) is 31.2 Å². The van der Waals surface area contributed by atoms with Gasteiger partial charge in [-0.25, -0.2) is 9.67 Å². The van der Waals surface area contributed by atoms with Crippen LogP contribution in [0.2, 0.25) is 0 Å². The molecule has 1 aliphatic carbocycles. The minimum absolute atomic E-state index is 0.0535.